The predicted molar refractivity (Wildman–Crippen MR) is 74.7 cm³/mol. The Morgan fingerprint density at radius 3 is 2.11 bits per heavy atom. The zero-order valence-electron chi connectivity index (χ0n) is 11.7. The number of benzene rings is 1. The van der Waals surface area contributed by atoms with Crippen LogP contribution in [0.5, 0.6) is 0 Å². The van der Waals surface area contributed by atoms with Gasteiger partial charge in [-0.25, -0.2) is 0 Å². The van der Waals surface area contributed by atoms with Crippen LogP contribution in [0.3, 0.4) is 0 Å². The SMILES string of the molecule is Cc1cc(C)c(-c2c(C(C)C)noc2N)c(C)c1. The second-order valence-electron chi connectivity index (χ2n) is 5.24. The summed E-state index contributed by atoms with van der Waals surface area (Å²) in [5, 5.41) is 4.10. The standard InChI is InChI=1S/C15H20N2O/c1-8(2)14-13(15(16)18-17-14)12-10(4)6-9(3)7-11(12)5/h6-8H,16H2,1-5H3. The third kappa shape index (κ3) is 2.01. The lowest BCUT2D eigenvalue weighted by Gasteiger charge is -2.12. The molecule has 0 bridgehead atoms. The maximum absolute atomic E-state index is 5.96. The number of aromatic nitrogens is 1. The molecule has 0 saturated heterocycles. The molecule has 0 amide bonds. The van der Waals surface area contributed by atoms with E-state index >= 15 is 0 Å². The van der Waals surface area contributed by atoms with Crippen molar-refractivity contribution in [3.8, 4) is 11.1 Å². The van der Waals surface area contributed by atoms with Gasteiger partial charge in [0.2, 0.25) is 5.88 Å². The molecule has 2 N–H and O–H groups in total. The molecule has 3 heteroatoms. The van der Waals surface area contributed by atoms with Crippen molar-refractivity contribution in [2.24, 2.45) is 0 Å². The molecule has 1 aromatic carbocycles. The Bertz CT molecular complexity index is 559. The van der Waals surface area contributed by atoms with Crippen LogP contribution >= 0.6 is 0 Å². The maximum Gasteiger partial charge on any atom is 0.230 e. The Balaban J connectivity index is 2.73. The van der Waals surface area contributed by atoms with Gasteiger partial charge in [-0.05, 0) is 43.4 Å². The van der Waals surface area contributed by atoms with Crippen molar-refractivity contribution in [2.45, 2.75) is 40.5 Å². The minimum atomic E-state index is 0.293. The van der Waals surface area contributed by atoms with Crippen molar-refractivity contribution in [2.75, 3.05) is 5.73 Å². The molecule has 1 heterocycles. The van der Waals surface area contributed by atoms with E-state index in [4.69, 9.17) is 10.3 Å². The number of hydrogen-bond donors (Lipinski definition) is 1. The zero-order chi connectivity index (χ0) is 13.4. The van der Waals surface area contributed by atoms with Crippen molar-refractivity contribution in [1.82, 2.24) is 5.16 Å². The number of nitrogen functional groups attached to an aromatic ring is 1. The number of nitrogens with zero attached hydrogens (tertiary/aromatic N) is 1. The van der Waals surface area contributed by atoms with Gasteiger partial charge in [0.25, 0.3) is 0 Å². The second-order valence-corrected chi connectivity index (χ2v) is 5.24. The van der Waals surface area contributed by atoms with Gasteiger partial charge >= 0.3 is 0 Å². The molecule has 0 atom stereocenters. The van der Waals surface area contributed by atoms with E-state index < -0.39 is 0 Å². The first-order valence-electron chi connectivity index (χ1n) is 6.25. The maximum atomic E-state index is 5.96. The van der Waals surface area contributed by atoms with Crippen LogP contribution < -0.4 is 5.73 Å². The minimum absolute atomic E-state index is 0.293. The molecule has 1 aromatic heterocycles. The fraction of sp³-hybridized carbons (Fsp3) is 0.400. The number of nitrogens with two attached hydrogens (primary N) is 1. The third-order valence-electron chi connectivity index (χ3n) is 3.22. The molecule has 0 spiro atoms. The lowest BCUT2D eigenvalue weighted by atomic mass is 9.91. The van der Waals surface area contributed by atoms with Crippen LogP contribution in [-0.2, 0) is 0 Å². The van der Waals surface area contributed by atoms with Crippen LogP contribution in [0.4, 0.5) is 5.88 Å². The molecule has 0 fully saturated rings. The largest absolute Gasteiger partial charge is 0.367 e. The highest BCUT2D eigenvalue weighted by Crippen LogP contribution is 2.37. The van der Waals surface area contributed by atoms with Crippen LogP contribution in [0.1, 0.15) is 42.1 Å². The topological polar surface area (TPSA) is 52.0 Å². The fourth-order valence-electron chi connectivity index (χ4n) is 2.54. The zero-order valence-corrected chi connectivity index (χ0v) is 11.7. The Morgan fingerprint density at radius 2 is 1.61 bits per heavy atom. The van der Waals surface area contributed by atoms with E-state index in [0.29, 0.717) is 11.8 Å². The first-order chi connectivity index (χ1) is 8.41. The first kappa shape index (κ1) is 12.7. The third-order valence-corrected chi connectivity index (χ3v) is 3.22. The molecule has 18 heavy (non-hydrogen) atoms. The molecular formula is C15H20N2O. The summed E-state index contributed by atoms with van der Waals surface area (Å²) in [5.74, 6) is 0.704. The molecule has 0 unspecified atom stereocenters. The van der Waals surface area contributed by atoms with Crippen molar-refractivity contribution >= 4 is 5.88 Å². The summed E-state index contributed by atoms with van der Waals surface area (Å²) in [6.07, 6.45) is 0. The number of rotatable bonds is 2. The second kappa shape index (κ2) is 4.48. The van der Waals surface area contributed by atoms with Crippen molar-refractivity contribution < 1.29 is 4.52 Å². The molecule has 2 aromatic rings. The monoisotopic (exact) mass is 244 g/mol. The molecule has 3 nitrogen and oxygen atoms in total. The molecule has 0 aliphatic carbocycles. The van der Waals surface area contributed by atoms with E-state index in [1.54, 1.807) is 0 Å². The number of anilines is 1. The summed E-state index contributed by atoms with van der Waals surface area (Å²) in [6.45, 7) is 10.5. The van der Waals surface area contributed by atoms with Gasteiger partial charge in [0.05, 0.1) is 11.3 Å². The molecule has 0 saturated carbocycles. The summed E-state index contributed by atoms with van der Waals surface area (Å²) < 4.78 is 5.18. The Hall–Kier alpha value is -1.77. The Labute approximate surface area is 108 Å². The first-order valence-corrected chi connectivity index (χ1v) is 6.25. The van der Waals surface area contributed by atoms with Gasteiger partial charge in [0.1, 0.15) is 0 Å². The molecule has 0 aliphatic heterocycles. The van der Waals surface area contributed by atoms with Crippen LogP contribution in [0.15, 0.2) is 16.7 Å². The van der Waals surface area contributed by atoms with Crippen molar-refractivity contribution in [3.05, 3.63) is 34.5 Å². The highest BCUT2D eigenvalue weighted by atomic mass is 16.5. The van der Waals surface area contributed by atoms with E-state index in [2.05, 4.69) is 51.9 Å². The molecular weight excluding hydrogens is 224 g/mol. The summed E-state index contributed by atoms with van der Waals surface area (Å²) in [4.78, 5) is 0. The van der Waals surface area contributed by atoms with Gasteiger partial charge in [-0.3, -0.25) is 0 Å². The average Bonchev–Trinajstić information content (AvgIpc) is 2.59. The number of hydrogen-bond acceptors (Lipinski definition) is 3. The summed E-state index contributed by atoms with van der Waals surface area (Å²) in [7, 11) is 0. The van der Waals surface area contributed by atoms with Gasteiger partial charge in [-0.2, -0.15) is 0 Å². The average molecular weight is 244 g/mol. The molecule has 2 rings (SSSR count). The van der Waals surface area contributed by atoms with Crippen molar-refractivity contribution in [1.29, 1.82) is 0 Å². The Morgan fingerprint density at radius 1 is 1.06 bits per heavy atom. The fourth-order valence-corrected chi connectivity index (χ4v) is 2.54. The van der Waals surface area contributed by atoms with E-state index in [1.807, 2.05) is 0 Å². The van der Waals surface area contributed by atoms with Crippen LogP contribution in [-0.4, -0.2) is 5.16 Å². The lowest BCUT2D eigenvalue weighted by molar-refractivity contribution is 0.424. The number of aryl methyl sites for hydroxylation is 3. The normalized spacial score (nSPS) is 11.2. The van der Waals surface area contributed by atoms with Crippen LogP contribution in [0, 0.1) is 20.8 Å². The summed E-state index contributed by atoms with van der Waals surface area (Å²) >= 11 is 0. The smallest absolute Gasteiger partial charge is 0.230 e. The highest BCUT2D eigenvalue weighted by molar-refractivity contribution is 5.80. The summed E-state index contributed by atoms with van der Waals surface area (Å²) in [6, 6.07) is 4.33. The van der Waals surface area contributed by atoms with Gasteiger partial charge in [-0.15, -0.1) is 0 Å². The van der Waals surface area contributed by atoms with E-state index in [1.165, 1.54) is 16.7 Å². The lowest BCUT2D eigenvalue weighted by Crippen LogP contribution is -1.97. The van der Waals surface area contributed by atoms with Gasteiger partial charge in [0.15, 0.2) is 0 Å². The molecule has 96 valence electrons. The Kier molecular flexibility index (Phi) is 3.16. The minimum Gasteiger partial charge on any atom is -0.367 e. The van der Waals surface area contributed by atoms with E-state index in [9.17, 15) is 0 Å². The van der Waals surface area contributed by atoms with Crippen LogP contribution in [0.2, 0.25) is 0 Å². The summed E-state index contributed by atoms with van der Waals surface area (Å²) in [5.41, 5.74) is 12.7. The quantitative estimate of drug-likeness (QED) is 0.869. The molecule has 0 aliphatic rings. The van der Waals surface area contributed by atoms with Gasteiger partial charge < -0.3 is 10.3 Å². The van der Waals surface area contributed by atoms with E-state index in [-0.39, 0.29) is 0 Å². The van der Waals surface area contributed by atoms with Gasteiger partial charge in [0, 0.05) is 0 Å². The van der Waals surface area contributed by atoms with E-state index in [0.717, 1.165) is 16.8 Å². The highest BCUT2D eigenvalue weighted by Gasteiger charge is 2.21. The predicted octanol–water partition coefficient (Wildman–Crippen LogP) is 3.97. The van der Waals surface area contributed by atoms with Gasteiger partial charge in [-0.1, -0.05) is 36.7 Å². The molecule has 0 radical (unpaired) electrons. The van der Waals surface area contributed by atoms with Crippen molar-refractivity contribution in [3.63, 3.8) is 0 Å². The van der Waals surface area contributed by atoms with Crippen LogP contribution in [0.25, 0.3) is 11.1 Å².